The number of piperidine rings is 1. The minimum Gasteiger partial charge on any atom is -0.478 e. The number of carboxylic acid groups (broad SMARTS) is 1. The number of carbonyl (C=O) groups is 4. The molecule has 1 unspecified atom stereocenters. The number of anilines is 1. The molecule has 0 saturated carbocycles. The molecule has 1 atom stereocenters. The molecule has 0 aliphatic carbocycles. The Bertz CT molecular complexity index is 715. The van der Waals surface area contributed by atoms with Crippen LogP contribution in [0.15, 0.2) is 24.3 Å². The van der Waals surface area contributed by atoms with Crippen LogP contribution in [0.3, 0.4) is 0 Å². The van der Waals surface area contributed by atoms with Gasteiger partial charge in [0.25, 0.3) is 0 Å². The van der Waals surface area contributed by atoms with Crippen molar-refractivity contribution in [2.24, 2.45) is 0 Å². The van der Waals surface area contributed by atoms with E-state index in [1.54, 1.807) is 4.90 Å². The smallest absolute Gasteiger partial charge is 0.335 e. The molecule has 0 spiro atoms. The normalized spacial score (nSPS) is 20.2. The van der Waals surface area contributed by atoms with Gasteiger partial charge in [-0.3, -0.25) is 14.4 Å². The molecule has 0 bridgehead atoms. The summed E-state index contributed by atoms with van der Waals surface area (Å²) in [7, 11) is 0. The second-order valence-corrected chi connectivity index (χ2v) is 6.22. The maximum absolute atomic E-state index is 12.5. The van der Waals surface area contributed by atoms with Gasteiger partial charge in [0, 0.05) is 12.2 Å². The van der Waals surface area contributed by atoms with Crippen molar-refractivity contribution in [3.05, 3.63) is 29.8 Å². The van der Waals surface area contributed by atoms with Crippen LogP contribution in [0.1, 0.15) is 29.6 Å². The maximum Gasteiger partial charge on any atom is 0.335 e. The van der Waals surface area contributed by atoms with Crippen LogP contribution in [0.25, 0.3) is 0 Å². The number of amides is 3. The quantitative estimate of drug-likeness (QED) is 0.828. The average Bonchev–Trinajstić information content (AvgIpc) is 2.60. The molecule has 1 aromatic rings. The first-order valence-corrected chi connectivity index (χ1v) is 8.17. The van der Waals surface area contributed by atoms with E-state index < -0.39 is 17.9 Å². The van der Waals surface area contributed by atoms with Crippen LogP contribution >= 0.6 is 0 Å². The molecule has 3 rings (SSSR count). The Labute approximate surface area is 144 Å². The van der Waals surface area contributed by atoms with Crippen LogP contribution in [-0.2, 0) is 14.4 Å². The largest absolute Gasteiger partial charge is 0.478 e. The lowest BCUT2D eigenvalue weighted by Crippen LogP contribution is -2.62. The number of benzene rings is 1. The first-order chi connectivity index (χ1) is 12.0. The monoisotopic (exact) mass is 345 g/mol. The van der Waals surface area contributed by atoms with Crippen molar-refractivity contribution < 1.29 is 24.3 Å². The lowest BCUT2D eigenvalue weighted by molar-refractivity contribution is -0.158. The van der Waals surface area contributed by atoms with Gasteiger partial charge in [0.15, 0.2) is 0 Å². The molecule has 2 saturated heterocycles. The van der Waals surface area contributed by atoms with E-state index in [2.05, 4.69) is 5.32 Å². The number of nitrogens with zero attached hydrogens (tertiary/aromatic N) is 2. The minimum atomic E-state index is -1.05. The molecule has 25 heavy (non-hydrogen) atoms. The third-order valence-corrected chi connectivity index (χ3v) is 4.50. The van der Waals surface area contributed by atoms with Gasteiger partial charge in [0.1, 0.15) is 19.1 Å². The lowest BCUT2D eigenvalue weighted by atomic mass is 9.98. The van der Waals surface area contributed by atoms with Crippen molar-refractivity contribution in [2.45, 2.75) is 25.3 Å². The number of hydrogen-bond donors (Lipinski definition) is 2. The zero-order valence-corrected chi connectivity index (χ0v) is 13.6. The Balaban J connectivity index is 1.61. The fourth-order valence-corrected chi connectivity index (χ4v) is 3.23. The fraction of sp³-hybridized carbons (Fsp3) is 0.412. The molecule has 2 heterocycles. The van der Waals surface area contributed by atoms with E-state index in [4.69, 9.17) is 5.11 Å². The van der Waals surface area contributed by atoms with Crippen molar-refractivity contribution in [2.75, 3.05) is 25.0 Å². The highest BCUT2D eigenvalue weighted by atomic mass is 16.4. The molecule has 3 amide bonds. The van der Waals surface area contributed by atoms with Gasteiger partial charge in [-0.05, 0) is 43.5 Å². The Kier molecular flexibility index (Phi) is 4.69. The molecular formula is C17H19N3O5. The van der Waals surface area contributed by atoms with Crippen molar-refractivity contribution in [3.8, 4) is 0 Å². The number of aromatic carboxylic acids is 1. The molecule has 2 aliphatic rings. The van der Waals surface area contributed by atoms with Gasteiger partial charge in [-0.15, -0.1) is 0 Å². The van der Waals surface area contributed by atoms with E-state index in [0.29, 0.717) is 18.7 Å². The molecular weight excluding hydrogens is 326 g/mol. The SMILES string of the molecule is O=C(CN1CC(=O)N2CCCCC2C1=O)Nc1ccc(C(=O)O)cc1. The number of rotatable bonds is 4. The Hall–Kier alpha value is -2.90. The van der Waals surface area contributed by atoms with Crippen LogP contribution in [0.5, 0.6) is 0 Å². The summed E-state index contributed by atoms with van der Waals surface area (Å²) in [5.74, 6) is -1.78. The lowest BCUT2D eigenvalue weighted by Gasteiger charge is -2.42. The van der Waals surface area contributed by atoms with Crippen LogP contribution in [-0.4, -0.2) is 64.3 Å². The number of fused-ring (bicyclic) bond motifs is 1. The predicted molar refractivity (Wildman–Crippen MR) is 88.0 cm³/mol. The van der Waals surface area contributed by atoms with E-state index in [9.17, 15) is 19.2 Å². The number of carboxylic acids is 1. The molecule has 8 nitrogen and oxygen atoms in total. The highest BCUT2D eigenvalue weighted by molar-refractivity contribution is 6.00. The summed E-state index contributed by atoms with van der Waals surface area (Å²) in [5, 5.41) is 11.5. The average molecular weight is 345 g/mol. The Morgan fingerprint density at radius 2 is 1.88 bits per heavy atom. The predicted octanol–water partition coefficient (Wildman–Crippen LogP) is 0.547. The molecule has 8 heteroatoms. The third-order valence-electron chi connectivity index (χ3n) is 4.50. The van der Waals surface area contributed by atoms with Gasteiger partial charge < -0.3 is 20.2 Å². The first-order valence-electron chi connectivity index (χ1n) is 8.17. The molecule has 2 fully saturated rings. The van der Waals surface area contributed by atoms with Crippen LogP contribution in [0.4, 0.5) is 5.69 Å². The van der Waals surface area contributed by atoms with E-state index in [1.165, 1.54) is 29.2 Å². The van der Waals surface area contributed by atoms with Crippen molar-refractivity contribution in [1.82, 2.24) is 9.80 Å². The summed E-state index contributed by atoms with van der Waals surface area (Å²) in [6.07, 6.45) is 2.44. The summed E-state index contributed by atoms with van der Waals surface area (Å²) in [5.41, 5.74) is 0.553. The maximum atomic E-state index is 12.5. The van der Waals surface area contributed by atoms with E-state index in [0.717, 1.165) is 12.8 Å². The second kappa shape index (κ2) is 6.92. The van der Waals surface area contributed by atoms with Crippen molar-refractivity contribution in [1.29, 1.82) is 0 Å². The fourth-order valence-electron chi connectivity index (χ4n) is 3.23. The topological polar surface area (TPSA) is 107 Å². The molecule has 1 aromatic carbocycles. The number of piperazine rings is 1. The van der Waals surface area contributed by atoms with Gasteiger partial charge in [-0.1, -0.05) is 0 Å². The minimum absolute atomic E-state index is 0.0826. The van der Waals surface area contributed by atoms with Gasteiger partial charge in [-0.2, -0.15) is 0 Å². The third kappa shape index (κ3) is 3.62. The second-order valence-electron chi connectivity index (χ2n) is 6.22. The first kappa shape index (κ1) is 16.9. The Morgan fingerprint density at radius 3 is 2.56 bits per heavy atom. The van der Waals surface area contributed by atoms with Gasteiger partial charge in [0.2, 0.25) is 17.7 Å². The number of carbonyl (C=O) groups excluding carboxylic acids is 3. The molecule has 2 aliphatic heterocycles. The van der Waals surface area contributed by atoms with Crippen LogP contribution in [0.2, 0.25) is 0 Å². The summed E-state index contributed by atoms with van der Waals surface area (Å²) in [6.45, 7) is 0.321. The summed E-state index contributed by atoms with van der Waals surface area (Å²) in [4.78, 5) is 50.6. The zero-order valence-electron chi connectivity index (χ0n) is 13.6. The standard InChI is InChI=1S/C17H19N3O5/c21-14(18-12-6-4-11(5-7-12)17(24)25)9-19-10-15(22)20-8-2-1-3-13(20)16(19)23/h4-7,13H,1-3,8-10H2,(H,18,21)(H,24,25). The number of nitrogens with one attached hydrogen (secondary N) is 1. The van der Waals surface area contributed by atoms with Crippen molar-refractivity contribution in [3.63, 3.8) is 0 Å². The van der Waals surface area contributed by atoms with Gasteiger partial charge >= 0.3 is 5.97 Å². The number of hydrogen-bond acceptors (Lipinski definition) is 4. The summed E-state index contributed by atoms with van der Waals surface area (Å²) in [6, 6.07) is 5.28. The van der Waals surface area contributed by atoms with Crippen LogP contribution in [0, 0.1) is 0 Å². The Morgan fingerprint density at radius 1 is 1.16 bits per heavy atom. The van der Waals surface area contributed by atoms with E-state index >= 15 is 0 Å². The van der Waals surface area contributed by atoms with Gasteiger partial charge in [-0.25, -0.2) is 4.79 Å². The zero-order chi connectivity index (χ0) is 18.0. The van der Waals surface area contributed by atoms with Crippen molar-refractivity contribution >= 4 is 29.4 Å². The van der Waals surface area contributed by atoms with E-state index in [1.807, 2.05) is 0 Å². The van der Waals surface area contributed by atoms with Crippen LogP contribution < -0.4 is 5.32 Å². The summed E-state index contributed by atoms with van der Waals surface area (Å²) >= 11 is 0. The van der Waals surface area contributed by atoms with E-state index in [-0.39, 0.29) is 30.5 Å². The van der Waals surface area contributed by atoms with Gasteiger partial charge in [0.05, 0.1) is 5.56 Å². The highest BCUT2D eigenvalue weighted by Crippen LogP contribution is 2.23. The highest BCUT2D eigenvalue weighted by Gasteiger charge is 2.40. The molecule has 0 aromatic heterocycles. The molecule has 2 N–H and O–H groups in total. The summed E-state index contributed by atoms with van der Waals surface area (Å²) < 4.78 is 0. The molecule has 132 valence electrons. The molecule has 0 radical (unpaired) electrons.